The first kappa shape index (κ1) is 18.2. The average Bonchev–Trinajstić information content (AvgIpc) is 2.38. The zero-order valence-electron chi connectivity index (χ0n) is 12.8. The van der Waals surface area contributed by atoms with Gasteiger partial charge in [0, 0.05) is 25.3 Å². The Morgan fingerprint density at radius 1 is 1.24 bits per heavy atom. The standard InChI is InChI=1S/C15H24N4O.HI/c1-12-9-13(2)11-14(10-12)18-15(16)17-3-4-19-5-7-20-8-6-19;/h9-11H,3-8H2,1-2H3,(H3,16,17,18);1H. The molecule has 1 aromatic carbocycles. The van der Waals surface area contributed by atoms with Crippen LogP contribution in [-0.4, -0.2) is 50.3 Å². The molecule has 1 heterocycles. The number of hydrogen-bond donors (Lipinski definition) is 2. The van der Waals surface area contributed by atoms with Crippen LogP contribution in [0.3, 0.4) is 0 Å². The van der Waals surface area contributed by atoms with E-state index in [4.69, 9.17) is 10.5 Å². The van der Waals surface area contributed by atoms with Crippen LogP contribution < -0.4 is 11.1 Å². The van der Waals surface area contributed by atoms with Crippen LogP contribution in [0.4, 0.5) is 5.69 Å². The molecule has 1 aliphatic heterocycles. The van der Waals surface area contributed by atoms with Gasteiger partial charge < -0.3 is 15.8 Å². The summed E-state index contributed by atoms with van der Waals surface area (Å²) >= 11 is 0. The Hall–Kier alpha value is -0.860. The van der Waals surface area contributed by atoms with Gasteiger partial charge in [0.1, 0.15) is 0 Å². The lowest BCUT2D eigenvalue weighted by Crippen LogP contribution is -2.38. The van der Waals surface area contributed by atoms with Gasteiger partial charge in [-0.25, -0.2) is 0 Å². The minimum atomic E-state index is 0. The zero-order valence-corrected chi connectivity index (χ0v) is 15.1. The van der Waals surface area contributed by atoms with Crippen molar-refractivity contribution in [1.29, 1.82) is 0 Å². The molecule has 0 bridgehead atoms. The lowest BCUT2D eigenvalue weighted by Gasteiger charge is -2.25. The molecule has 0 saturated carbocycles. The number of benzene rings is 1. The van der Waals surface area contributed by atoms with E-state index in [1.165, 1.54) is 11.1 Å². The van der Waals surface area contributed by atoms with Crippen LogP contribution in [0, 0.1) is 13.8 Å². The fraction of sp³-hybridized carbons (Fsp3) is 0.533. The van der Waals surface area contributed by atoms with E-state index in [0.29, 0.717) is 12.5 Å². The van der Waals surface area contributed by atoms with Crippen molar-refractivity contribution in [3.05, 3.63) is 29.3 Å². The van der Waals surface area contributed by atoms with Gasteiger partial charge in [-0.3, -0.25) is 9.89 Å². The highest BCUT2D eigenvalue weighted by atomic mass is 127. The molecule has 1 aliphatic rings. The number of morpholine rings is 1. The van der Waals surface area contributed by atoms with E-state index in [0.717, 1.165) is 38.5 Å². The van der Waals surface area contributed by atoms with E-state index in [2.05, 4.69) is 47.3 Å². The Labute approximate surface area is 144 Å². The predicted octanol–water partition coefficient (Wildman–Crippen LogP) is 1.98. The van der Waals surface area contributed by atoms with Gasteiger partial charge in [-0.15, -0.1) is 24.0 Å². The molecule has 0 aromatic heterocycles. The molecule has 0 radical (unpaired) electrons. The van der Waals surface area contributed by atoms with Crippen molar-refractivity contribution < 1.29 is 4.74 Å². The fourth-order valence-electron chi connectivity index (χ4n) is 2.37. The highest BCUT2D eigenvalue weighted by Crippen LogP contribution is 2.13. The smallest absolute Gasteiger partial charge is 0.193 e. The zero-order chi connectivity index (χ0) is 14.4. The quantitative estimate of drug-likeness (QED) is 0.458. The molecular formula is C15H25IN4O. The van der Waals surface area contributed by atoms with Crippen LogP contribution in [0.2, 0.25) is 0 Å². The first-order valence-electron chi connectivity index (χ1n) is 7.09. The van der Waals surface area contributed by atoms with Gasteiger partial charge in [0.2, 0.25) is 0 Å². The second kappa shape index (κ2) is 9.22. The number of aliphatic imine (C=N–C) groups is 1. The van der Waals surface area contributed by atoms with Gasteiger partial charge in [0.25, 0.3) is 0 Å². The van der Waals surface area contributed by atoms with E-state index in [-0.39, 0.29) is 24.0 Å². The first-order chi connectivity index (χ1) is 9.63. The second-order valence-electron chi connectivity index (χ2n) is 5.22. The Bertz CT molecular complexity index is 452. The van der Waals surface area contributed by atoms with Crippen molar-refractivity contribution in [3.8, 4) is 0 Å². The Balaban J connectivity index is 0.00000220. The van der Waals surface area contributed by atoms with Crippen molar-refractivity contribution >= 4 is 35.6 Å². The molecule has 5 nitrogen and oxygen atoms in total. The van der Waals surface area contributed by atoms with Crippen LogP contribution in [0.15, 0.2) is 23.2 Å². The number of nitrogens with one attached hydrogen (secondary N) is 1. The number of aryl methyl sites for hydroxylation is 2. The van der Waals surface area contributed by atoms with Crippen LogP contribution in [0.1, 0.15) is 11.1 Å². The molecular weight excluding hydrogens is 379 g/mol. The molecule has 0 atom stereocenters. The van der Waals surface area contributed by atoms with E-state index in [1.807, 2.05) is 0 Å². The summed E-state index contributed by atoms with van der Waals surface area (Å²) in [6.45, 7) is 9.40. The molecule has 0 aliphatic carbocycles. The second-order valence-corrected chi connectivity index (χ2v) is 5.22. The predicted molar refractivity (Wildman–Crippen MR) is 98.7 cm³/mol. The third-order valence-electron chi connectivity index (χ3n) is 3.30. The molecule has 1 saturated heterocycles. The Kier molecular flexibility index (Phi) is 7.98. The molecule has 21 heavy (non-hydrogen) atoms. The topological polar surface area (TPSA) is 62.9 Å². The monoisotopic (exact) mass is 404 g/mol. The van der Waals surface area contributed by atoms with Crippen LogP contribution in [-0.2, 0) is 4.74 Å². The third-order valence-corrected chi connectivity index (χ3v) is 3.30. The number of halogens is 1. The Morgan fingerprint density at radius 3 is 2.48 bits per heavy atom. The largest absolute Gasteiger partial charge is 0.379 e. The number of nitrogens with two attached hydrogens (primary N) is 1. The maximum atomic E-state index is 5.92. The number of ether oxygens (including phenoxy) is 1. The molecule has 0 amide bonds. The first-order valence-corrected chi connectivity index (χ1v) is 7.09. The molecule has 1 aromatic rings. The van der Waals surface area contributed by atoms with Crippen molar-refractivity contribution in [2.75, 3.05) is 44.7 Å². The van der Waals surface area contributed by atoms with E-state index in [9.17, 15) is 0 Å². The molecule has 1 fully saturated rings. The van der Waals surface area contributed by atoms with Crippen molar-refractivity contribution in [2.24, 2.45) is 10.7 Å². The summed E-state index contributed by atoms with van der Waals surface area (Å²) in [7, 11) is 0. The van der Waals surface area contributed by atoms with Crippen molar-refractivity contribution in [1.82, 2.24) is 4.90 Å². The maximum Gasteiger partial charge on any atom is 0.193 e. The van der Waals surface area contributed by atoms with E-state index in [1.54, 1.807) is 0 Å². The number of hydrogen-bond acceptors (Lipinski definition) is 3. The minimum Gasteiger partial charge on any atom is -0.379 e. The van der Waals surface area contributed by atoms with Crippen molar-refractivity contribution in [2.45, 2.75) is 13.8 Å². The number of rotatable bonds is 4. The maximum absolute atomic E-state index is 5.92. The van der Waals surface area contributed by atoms with Crippen LogP contribution in [0.5, 0.6) is 0 Å². The molecule has 2 rings (SSSR count). The summed E-state index contributed by atoms with van der Waals surface area (Å²) < 4.78 is 5.31. The fourth-order valence-corrected chi connectivity index (χ4v) is 2.37. The van der Waals surface area contributed by atoms with E-state index >= 15 is 0 Å². The SMILES string of the molecule is Cc1cc(C)cc(NC(N)=NCCN2CCOCC2)c1.I. The third kappa shape index (κ3) is 6.62. The highest BCUT2D eigenvalue weighted by Gasteiger charge is 2.08. The lowest BCUT2D eigenvalue weighted by atomic mass is 10.1. The number of guanidine groups is 1. The minimum absolute atomic E-state index is 0. The summed E-state index contributed by atoms with van der Waals surface area (Å²) in [5, 5.41) is 3.15. The molecule has 118 valence electrons. The van der Waals surface area contributed by atoms with Gasteiger partial charge in [-0.1, -0.05) is 6.07 Å². The summed E-state index contributed by atoms with van der Waals surface area (Å²) in [4.78, 5) is 6.72. The number of anilines is 1. The lowest BCUT2D eigenvalue weighted by molar-refractivity contribution is 0.0394. The average molecular weight is 404 g/mol. The van der Waals surface area contributed by atoms with Crippen molar-refractivity contribution in [3.63, 3.8) is 0 Å². The summed E-state index contributed by atoms with van der Waals surface area (Å²) in [5.41, 5.74) is 9.35. The van der Waals surface area contributed by atoms with Crippen LogP contribution >= 0.6 is 24.0 Å². The van der Waals surface area contributed by atoms with Gasteiger partial charge in [-0.05, 0) is 37.1 Å². The summed E-state index contributed by atoms with van der Waals surface area (Å²) in [6.07, 6.45) is 0. The molecule has 0 unspecified atom stereocenters. The van der Waals surface area contributed by atoms with Gasteiger partial charge in [0.15, 0.2) is 5.96 Å². The molecule has 3 N–H and O–H groups in total. The van der Waals surface area contributed by atoms with Crippen LogP contribution in [0.25, 0.3) is 0 Å². The van der Waals surface area contributed by atoms with Gasteiger partial charge in [0.05, 0.1) is 19.8 Å². The van der Waals surface area contributed by atoms with Gasteiger partial charge >= 0.3 is 0 Å². The Morgan fingerprint density at radius 2 is 1.86 bits per heavy atom. The number of nitrogens with zero attached hydrogens (tertiary/aromatic N) is 2. The highest BCUT2D eigenvalue weighted by molar-refractivity contribution is 14.0. The summed E-state index contributed by atoms with van der Waals surface area (Å²) in [5.74, 6) is 0.475. The van der Waals surface area contributed by atoms with Gasteiger partial charge in [-0.2, -0.15) is 0 Å². The normalized spacial score (nSPS) is 16.4. The molecule has 6 heteroatoms. The molecule has 0 spiro atoms. The summed E-state index contributed by atoms with van der Waals surface area (Å²) in [6, 6.07) is 6.27. The van der Waals surface area contributed by atoms with E-state index < -0.39 is 0 Å².